The highest BCUT2D eigenvalue weighted by atomic mass is 32.2. The smallest absolute Gasteiger partial charge is 0.312 e. The zero-order valence-electron chi connectivity index (χ0n) is 19.5. The molecule has 1 fully saturated rings. The third-order valence-electron chi connectivity index (χ3n) is 6.80. The molecule has 0 bridgehead atoms. The number of nitrogens with two attached hydrogens (primary N) is 1. The van der Waals surface area contributed by atoms with Crippen molar-refractivity contribution in [2.75, 3.05) is 31.7 Å². The van der Waals surface area contributed by atoms with Crippen molar-refractivity contribution >= 4 is 27.0 Å². The van der Waals surface area contributed by atoms with E-state index in [1.54, 1.807) is 0 Å². The zero-order valence-corrected chi connectivity index (χ0v) is 20.3. The topological polar surface area (TPSA) is 116 Å². The van der Waals surface area contributed by atoms with Crippen molar-refractivity contribution in [3.05, 3.63) is 40.7 Å². The number of nitrogen functional groups attached to an aromatic ring is 1. The lowest BCUT2D eigenvalue weighted by atomic mass is 9.96. The number of nitrogens with zero attached hydrogens (tertiary/aromatic N) is 5. The number of halogens is 1. The van der Waals surface area contributed by atoms with Gasteiger partial charge in [-0.05, 0) is 42.4 Å². The first-order chi connectivity index (χ1) is 16.7. The fraction of sp³-hybridized carbons (Fsp3) is 0.458. The second kappa shape index (κ2) is 9.09. The molecule has 2 aromatic heterocycles. The van der Waals surface area contributed by atoms with Gasteiger partial charge in [0.15, 0.2) is 17.0 Å². The second-order valence-corrected chi connectivity index (χ2v) is 11.2. The maximum atomic E-state index is 14.1. The molecule has 0 aliphatic carbocycles. The molecule has 1 atom stereocenters. The van der Waals surface area contributed by atoms with Crippen molar-refractivity contribution in [2.45, 2.75) is 38.6 Å². The summed E-state index contributed by atoms with van der Waals surface area (Å²) in [5.41, 5.74) is 9.37. The third kappa shape index (κ3) is 4.68. The van der Waals surface area contributed by atoms with Crippen molar-refractivity contribution in [1.29, 1.82) is 0 Å². The second-order valence-electron chi connectivity index (χ2n) is 9.18. The van der Waals surface area contributed by atoms with Crippen LogP contribution in [0.25, 0.3) is 11.2 Å². The first-order valence-electron chi connectivity index (χ1n) is 11.6. The summed E-state index contributed by atoms with van der Waals surface area (Å²) in [5, 5.41) is 0. The van der Waals surface area contributed by atoms with Crippen LogP contribution in [0.4, 0.5) is 10.2 Å². The van der Waals surface area contributed by atoms with E-state index >= 15 is 0 Å². The van der Waals surface area contributed by atoms with Crippen LogP contribution in [0, 0.1) is 24.3 Å². The Hall–Kier alpha value is -3.23. The van der Waals surface area contributed by atoms with Gasteiger partial charge in [-0.3, -0.25) is 0 Å². The molecule has 0 saturated carbocycles. The molecule has 11 heteroatoms. The Balaban J connectivity index is 1.48. The molecule has 4 heterocycles. The van der Waals surface area contributed by atoms with Crippen LogP contribution >= 0.6 is 0 Å². The van der Waals surface area contributed by atoms with Gasteiger partial charge < -0.3 is 15.0 Å². The zero-order chi connectivity index (χ0) is 24.7. The molecule has 2 aliphatic rings. The summed E-state index contributed by atoms with van der Waals surface area (Å²) in [5.74, 6) is 4.34. The molecule has 1 aromatic carbocycles. The molecule has 0 radical (unpaired) electrons. The number of fused-ring (bicyclic) bond motifs is 2. The molecule has 184 valence electrons. The average Bonchev–Trinajstić information content (AvgIpc) is 3.41. The predicted octanol–water partition coefficient (Wildman–Crippen LogP) is 2.12. The maximum absolute atomic E-state index is 14.1. The number of hydrogen-bond acceptors (Lipinski definition) is 7. The van der Waals surface area contributed by atoms with E-state index < -0.39 is 16.1 Å². The Kier molecular flexibility index (Phi) is 6.11. The van der Waals surface area contributed by atoms with Crippen LogP contribution in [-0.2, 0) is 29.4 Å². The third-order valence-corrected chi connectivity index (χ3v) is 8.07. The summed E-state index contributed by atoms with van der Waals surface area (Å²) in [4.78, 5) is 12.3. The summed E-state index contributed by atoms with van der Waals surface area (Å²) >= 11 is 0. The Bertz CT molecular complexity index is 1450. The Morgan fingerprint density at radius 3 is 2.91 bits per heavy atom. The molecule has 1 saturated heterocycles. The lowest BCUT2D eigenvalue weighted by Gasteiger charge is -2.31. The molecule has 0 amide bonds. The van der Waals surface area contributed by atoms with Crippen molar-refractivity contribution in [3.8, 4) is 18.1 Å². The van der Waals surface area contributed by atoms with Gasteiger partial charge in [0.1, 0.15) is 11.6 Å². The molecule has 9 nitrogen and oxygen atoms in total. The number of terminal acetylenes is 1. The maximum Gasteiger partial charge on any atom is 0.312 e. The lowest BCUT2D eigenvalue weighted by molar-refractivity contribution is 0.250. The van der Waals surface area contributed by atoms with Gasteiger partial charge in [-0.2, -0.15) is 14.4 Å². The number of imidazole rings is 1. The number of hydrogen-bond donors (Lipinski definition) is 1. The quantitative estimate of drug-likeness (QED) is 0.409. The normalized spacial score (nSPS) is 18.4. The number of aromatic nitrogens is 4. The summed E-state index contributed by atoms with van der Waals surface area (Å²) in [6.45, 7) is 2.13. The first-order valence-corrected chi connectivity index (χ1v) is 13.5. The van der Waals surface area contributed by atoms with Crippen LogP contribution < -0.4 is 10.5 Å². The van der Waals surface area contributed by atoms with Gasteiger partial charge in [0.25, 0.3) is 0 Å². The van der Waals surface area contributed by atoms with E-state index in [-0.39, 0.29) is 11.7 Å². The van der Waals surface area contributed by atoms with Crippen LogP contribution in [0.3, 0.4) is 0 Å². The highest BCUT2D eigenvalue weighted by molar-refractivity contribution is 7.88. The molecule has 1 unspecified atom stereocenters. The standard InChI is InChI=1S/C24H27FN6O3S/c1-3-16-12-19-17(7-10-34-19)11-18(16)13-20-27-21-22(26)28-24(25)29-23(21)31(20)9-6-15-5-4-8-30(14-15)35(2,32)33/h1,11-12,15H,4-10,13-14H2,2H3,(H2,26,28,29). The van der Waals surface area contributed by atoms with Crippen molar-refractivity contribution in [3.63, 3.8) is 0 Å². The molecular weight excluding hydrogens is 471 g/mol. The molecule has 3 aromatic rings. The molecule has 2 N–H and O–H groups in total. The van der Waals surface area contributed by atoms with Crippen molar-refractivity contribution < 1.29 is 17.5 Å². The van der Waals surface area contributed by atoms with Crippen LogP contribution in [0.2, 0.25) is 0 Å². The van der Waals surface area contributed by atoms with E-state index in [9.17, 15) is 12.8 Å². The highest BCUT2D eigenvalue weighted by Gasteiger charge is 2.27. The SMILES string of the molecule is C#Cc1cc2c(cc1Cc1nc3c(N)nc(F)nc3n1CCC1CCCN(S(C)(=O)=O)C1)CCO2. The van der Waals surface area contributed by atoms with E-state index in [2.05, 4.69) is 20.9 Å². The van der Waals surface area contributed by atoms with E-state index in [0.717, 1.165) is 36.1 Å². The van der Waals surface area contributed by atoms with Gasteiger partial charge in [0.05, 0.1) is 12.9 Å². The summed E-state index contributed by atoms with van der Waals surface area (Å²) in [7, 11) is -3.24. The predicted molar refractivity (Wildman–Crippen MR) is 130 cm³/mol. The Morgan fingerprint density at radius 2 is 2.14 bits per heavy atom. The number of rotatable bonds is 6. The number of ether oxygens (including phenoxy) is 1. The largest absolute Gasteiger partial charge is 0.493 e. The van der Waals surface area contributed by atoms with Gasteiger partial charge in [-0.25, -0.2) is 17.7 Å². The molecule has 5 rings (SSSR count). The average molecular weight is 499 g/mol. The van der Waals surface area contributed by atoms with Gasteiger partial charge in [0.2, 0.25) is 10.0 Å². The van der Waals surface area contributed by atoms with Gasteiger partial charge in [-0.15, -0.1) is 6.42 Å². The summed E-state index contributed by atoms with van der Waals surface area (Å²) in [6, 6.07) is 3.92. The van der Waals surface area contributed by atoms with E-state index in [4.69, 9.17) is 16.9 Å². The fourth-order valence-electron chi connectivity index (χ4n) is 5.01. The number of benzene rings is 1. The van der Waals surface area contributed by atoms with Gasteiger partial charge in [-0.1, -0.05) is 12.0 Å². The highest BCUT2D eigenvalue weighted by Crippen LogP contribution is 2.31. The molecule has 0 spiro atoms. The van der Waals surface area contributed by atoms with Crippen LogP contribution in [0.15, 0.2) is 12.1 Å². The van der Waals surface area contributed by atoms with Gasteiger partial charge >= 0.3 is 6.08 Å². The number of anilines is 1. The van der Waals surface area contributed by atoms with E-state index in [1.165, 1.54) is 10.6 Å². The Morgan fingerprint density at radius 1 is 1.31 bits per heavy atom. The first kappa shape index (κ1) is 23.5. The monoisotopic (exact) mass is 498 g/mol. The van der Waals surface area contributed by atoms with Crippen molar-refractivity contribution in [2.24, 2.45) is 5.92 Å². The summed E-state index contributed by atoms with van der Waals surface area (Å²) in [6.07, 6.45) is 9.75. The minimum absolute atomic E-state index is 0.0204. The van der Waals surface area contributed by atoms with Crippen LogP contribution in [0.5, 0.6) is 5.75 Å². The minimum atomic E-state index is -3.24. The fourth-order valence-corrected chi connectivity index (χ4v) is 5.95. The molecule has 2 aliphatic heterocycles. The number of sulfonamides is 1. The van der Waals surface area contributed by atoms with Crippen LogP contribution in [0.1, 0.15) is 41.8 Å². The lowest BCUT2D eigenvalue weighted by Crippen LogP contribution is -2.39. The minimum Gasteiger partial charge on any atom is -0.493 e. The number of aryl methyl sites for hydroxylation is 1. The van der Waals surface area contributed by atoms with E-state index in [1.807, 2.05) is 16.7 Å². The molecular formula is C24H27FN6O3S. The van der Waals surface area contributed by atoms with Gasteiger partial charge in [0, 0.05) is 38.0 Å². The number of piperidine rings is 1. The Labute approximate surface area is 203 Å². The summed E-state index contributed by atoms with van der Waals surface area (Å²) < 4.78 is 47.2. The van der Waals surface area contributed by atoms with E-state index in [0.29, 0.717) is 61.6 Å². The van der Waals surface area contributed by atoms with Crippen LogP contribution in [-0.4, -0.2) is 58.2 Å². The molecule has 35 heavy (non-hydrogen) atoms. The van der Waals surface area contributed by atoms with Crippen molar-refractivity contribution in [1.82, 2.24) is 23.8 Å².